The Hall–Kier alpha value is -2.37. The number of benzene rings is 2. The summed E-state index contributed by atoms with van der Waals surface area (Å²) in [6.45, 7) is 9.38. The molecule has 4 rings (SSSR count). The molecular weight excluding hydrogens is 422 g/mol. The fourth-order valence-electron chi connectivity index (χ4n) is 4.98. The lowest BCUT2D eigenvalue weighted by Gasteiger charge is -2.32. The summed E-state index contributed by atoms with van der Waals surface area (Å²) in [5.74, 6) is 0.928. The number of oxime groups is 1. The quantitative estimate of drug-likeness (QED) is 0.242. The summed E-state index contributed by atoms with van der Waals surface area (Å²) < 4.78 is 6.04. The highest BCUT2D eigenvalue weighted by atomic mass is 16.6. The molecule has 2 heterocycles. The molecule has 2 saturated heterocycles. The molecule has 2 aromatic rings. The smallest absolute Gasteiger partial charge is 0.142 e. The van der Waals surface area contributed by atoms with Gasteiger partial charge < -0.3 is 14.5 Å². The van der Waals surface area contributed by atoms with Gasteiger partial charge in [-0.3, -0.25) is 4.90 Å². The molecule has 2 aliphatic rings. The molecule has 184 valence electrons. The molecule has 0 aromatic heterocycles. The standard InChI is InChI=1S/C29H41N3O2/c1-25(32-21-9-4-10-22-32)29(30-34-24-26-12-5-2-6-13-26)27-14-16-28(17-15-27)33-23-11-20-31-18-7-3-8-19-31/h2,5-6,12-17,25H,3-4,7-11,18-24H2,1H3/b30-29-. The molecule has 0 N–H and O–H groups in total. The van der Waals surface area contributed by atoms with E-state index in [9.17, 15) is 0 Å². The Morgan fingerprint density at radius 3 is 2.24 bits per heavy atom. The minimum absolute atomic E-state index is 0.215. The van der Waals surface area contributed by atoms with E-state index in [1.165, 1.54) is 51.6 Å². The highest BCUT2D eigenvalue weighted by molar-refractivity contribution is 6.04. The van der Waals surface area contributed by atoms with Crippen LogP contribution in [0.15, 0.2) is 59.8 Å². The second-order valence-electron chi connectivity index (χ2n) is 9.64. The zero-order chi connectivity index (χ0) is 23.4. The molecule has 2 aliphatic heterocycles. The predicted molar refractivity (Wildman–Crippen MR) is 139 cm³/mol. The fourth-order valence-corrected chi connectivity index (χ4v) is 4.98. The molecule has 1 atom stereocenters. The van der Waals surface area contributed by atoms with Crippen LogP contribution in [0.4, 0.5) is 0 Å². The minimum atomic E-state index is 0.215. The molecule has 0 bridgehead atoms. The van der Waals surface area contributed by atoms with Crippen LogP contribution in [-0.2, 0) is 11.4 Å². The van der Waals surface area contributed by atoms with Gasteiger partial charge in [0.1, 0.15) is 18.1 Å². The Bertz CT molecular complexity index is 857. The molecular formula is C29H41N3O2. The van der Waals surface area contributed by atoms with Gasteiger partial charge in [-0.05, 0) is 95.0 Å². The van der Waals surface area contributed by atoms with E-state index in [2.05, 4.69) is 58.3 Å². The Morgan fingerprint density at radius 1 is 0.853 bits per heavy atom. The van der Waals surface area contributed by atoms with Crippen molar-refractivity contribution in [2.45, 2.75) is 64.5 Å². The molecule has 1 unspecified atom stereocenters. The van der Waals surface area contributed by atoms with E-state index in [-0.39, 0.29) is 6.04 Å². The third-order valence-electron chi connectivity index (χ3n) is 7.06. The van der Waals surface area contributed by atoms with Crippen molar-refractivity contribution in [2.24, 2.45) is 5.16 Å². The third kappa shape index (κ3) is 7.57. The maximum absolute atomic E-state index is 6.04. The van der Waals surface area contributed by atoms with Crippen LogP contribution in [0.3, 0.4) is 0 Å². The average molecular weight is 464 g/mol. The molecule has 0 aliphatic carbocycles. The van der Waals surface area contributed by atoms with E-state index >= 15 is 0 Å². The lowest BCUT2D eigenvalue weighted by Crippen LogP contribution is -2.42. The summed E-state index contributed by atoms with van der Waals surface area (Å²) in [6, 6.07) is 18.9. The zero-order valence-electron chi connectivity index (χ0n) is 20.8. The maximum atomic E-state index is 6.04. The molecule has 5 nitrogen and oxygen atoms in total. The second-order valence-corrected chi connectivity index (χ2v) is 9.64. The first kappa shape index (κ1) is 24.7. The zero-order valence-corrected chi connectivity index (χ0v) is 20.8. The lowest BCUT2D eigenvalue weighted by atomic mass is 10.0. The Labute approximate surface area is 205 Å². The number of ether oxygens (including phenoxy) is 1. The monoisotopic (exact) mass is 463 g/mol. The van der Waals surface area contributed by atoms with Gasteiger partial charge in [0.25, 0.3) is 0 Å². The molecule has 5 heteroatoms. The molecule has 0 amide bonds. The van der Waals surface area contributed by atoms with E-state index in [1.807, 2.05) is 18.2 Å². The fraction of sp³-hybridized carbons (Fsp3) is 0.552. The maximum Gasteiger partial charge on any atom is 0.142 e. The van der Waals surface area contributed by atoms with Crippen molar-refractivity contribution in [3.63, 3.8) is 0 Å². The van der Waals surface area contributed by atoms with Crippen molar-refractivity contribution in [2.75, 3.05) is 39.3 Å². The van der Waals surface area contributed by atoms with Crippen molar-refractivity contribution in [3.8, 4) is 5.75 Å². The summed E-state index contributed by atoms with van der Waals surface area (Å²) in [7, 11) is 0. The van der Waals surface area contributed by atoms with Gasteiger partial charge in [0, 0.05) is 12.1 Å². The van der Waals surface area contributed by atoms with E-state index in [0.29, 0.717) is 6.61 Å². The summed E-state index contributed by atoms with van der Waals surface area (Å²) >= 11 is 0. The van der Waals surface area contributed by atoms with Gasteiger partial charge in [0.05, 0.1) is 12.6 Å². The summed E-state index contributed by atoms with van der Waals surface area (Å²) in [4.78, 5) is 10.9. The van der Waals surface area contributed by atoms with Gasteiger partial charge in [0.2, 0.25) is 0 Å². The van der Waals surface area contributed by atoms with Crippen molar-refractivity contribution in [3.05, 3.63) is 65.7 Å². The van der Waals surface area contributed by atoms with Crippen LogP contribution in [0.25, 0.3) is 0 Å². The first-order chi connectivity index (χ1) is 16.8. The van der Waals surface area contributed by atoms with Crippen molar-refractivity contribution >= 4 is 5.71 Å². The SMILES string of the molecule is CC(/C(=N/OCc1ccccc1)c1ccc(OCCCN2CCCCC2)cc1)N1CCCCC1. The topological polar surface area (TPSA) is 37.3 Å². The van der Waals surface area contributed by atoms with Crippen molar-refractivity contribution in [1.29, 1.82) is 0 Å². The second kappa shape index (κ2) is 13.5. The van der Waals surface area contributed by atoms with Gasteiger partial charge in [-0.25, -0.2) is 0 Å². The number of rotatable bonds is 11. The minimum Gasteiger partial charge on any atom is -0.494 e. The number of hydrogen-bond donors (Lipinski definition) is 0. The molecule has 0 spiro atoms. The van der Waals surface area contributed by atoms with Crippen molar-refractivity contribution in [1.82, 2.24) is 9.80 Å². The first-order valence-electron chi connectivity index (χ1n) is 13.2. The van der Waals surface area contributed by atoms with Crippen LogP contribution in [0, 0.1) is 0 Å². The van der Waals surface area contributed by atoms with E-state index in [1.54, 1.807) is 0 Å². The highest BCUT2D eigenvalue weighted by Crippen LogP contribution is 2.20. The molecule has 2 aromatic carbocycles. The summed E-state index contributed by atoms with van der Waals surface area (Å²) in [6.07, 6.45) is 8.99. The molecule has 2 fully saturated rings. The first-order valence-corrected chi connectivity index (χ1v) is 13.2. The van der Waals surface area contributed by atoms with Crippen LogP contribution in [0.1, 0.15) is 63.0 Å². The number of nitrogens with zero attached hydrogens (tertiary/aromatic N) is 3. The van der Waals surface area contributed by atoms with E-state index in [4.69, 9.17) is 9.57 Å². The average Bonchev–Trinajstić information content (AvgIpc) is 2.91. The van der Waals surface area contributed by atoms with Gasteiger partial charge in [-0.2, -0.15) is 0 Å². The van der Waals surface area contributed by atoms with Gasteiger partial charge in [0.15, 0.2) is 0 Å². The van der Waals surface area contributed by atoms with Gasteiger partial charge >= 0.3 is 0 Å². The van der Waals surface area contributed by atoms with Crippen LogP contribution >= 0.6 is 0 Å². The van der Waals surface area contributed by atoms with E-state index < -0.39 is 0 Å². The van der Waals surface area contributed by atoms with Crippen LogP contribution in [-0.4, -0.2) is 60.9 Å². The normalized spacial score (nSPS) is 19.0. The van der Waals surface area contributed by atoms with Crippen molar-refractivity contribution < 1.29 is 9.57 Å². The van der Waals surface area contributed by atoms with Crippen LogP contribution < -0.4 is 4.74 Å². The third-order valence-corrected chi connectivity index (χ3v) is 7.06. The Morgan fingerprint density at radius 2 is 1.53 bits per heavy atom. The van der Waals surface area contributed by atoms with Gasteiger partial charge in [-0.1, -0.05) is 48.3 Å². The Balaban J connectivity index is 1.35. The summed E-state index contributed by atoms with van der Waals surface area (Å²) in [5.41, 5.74) is 3.23. The van der Waals surface area contributed by atoms with Gasteiger partial charge in [-0.15, -0.1) is 0 Å². The summed E-state index contributed by atoms with van der Waals surface area (Å²) in [5, 5.41) is 4.65. The number of piperidine rings is 2. The molecule has 0 saturated carbocycles. The molecule has 0 radical (unpaired) electrons. The van der Waals surface area contributed by atoms with E-state index in [0.717, 1.165) is 55.3 Å². The predicted octanol–water partition coefficient (Wildman–Crippen LogP) is 5.74. The lowest BCUT2D eigenvalue weighted by molar-refractivity contribution is 0.126. The Kier molecular flexibility index (Phi) is 9.83. The largest absolute Gasteiger partial charge is 0.494 e. The molecule has 34 heavy (non-hydrogen) atoms. The number of hydrogen-bond acceptors (Lipinski definition) is 5. The van der Waals surface area contributed by atoms with Crippen LogP contribution in [0.5, 0.6) is 5.75 Å². The van der Waals surface area contributed by atoms with Crippen LogP contribution in [0.2, 0.25) is 0 Å². The highest BCUT2D eigenvalue weighted by Gasteiger charge is 2.23. The number of likely N-dealkylation sites (tertiary alicyclic amines) is 2.